The van der Waals surface area contributed by atoms with Crippen molar-refractivity contribution in [1.29, 1.82) is 0 Å². The summed E-state index contributed by atoms with van der Waals surface area (Å²) < 4.78 is 0. The van der Waals surface area contributed by atoms with Gasteiger partial charge in [0.25, 0.3) is 6.71 Å². The first-order valence-electron chi connectivity index (χ1n) is 22.8. The molecule has 10 aromatic carbocycles. The second-order valence-corrected chi connectivity index (χ2v) is 17.9. The lowest BCUT2D eigenvalue weighted by molar-refractivity contribution is 0.751. The highest BCUT2D eigenvalue weighted by Gasteiger charge is 2.55. The highest BCUT2D eigenvalue weighted by molar-refractivity contribution is 7.04. The fourth-order valence-electron chi connectivity index (χ4n) is 12.3. The topological polar surface area (TPSA) is 6.48 Å². The van der Waals surface area contributed by atoms with Gasteiger partial charge in [-0.2, -0.15) is 0 Å². The van der Waals surface area contributed by atoms with E-state index < -0.39 is 5.41 Å². The standard InChI is InChI=1S/C61H40B2N2/c1-4-21-41(22-5-1)42-23-20-24-43(39-42)46-29-10-16-35-53(46)64-54-36-17-13-32-50(54)63-52-34-15-19-38-56(52)65-55-37-18-14-33-51(55)62-49-31-12-11-30-47(49)61(44-25-6-2-7-26-44,45-27-8-3-9-28-45)48-40-57(64)59(63)60(65)58(48)62/h1-40H. The zero-order chi connectivity index (χ0) is 42.6. The van der Waals surface area contributed by atoms with Crippen LogP contribution in [-0.2, 0) is 5.41 Å². The molecule has 0 aliphatic carbocycles. The van der Waals surface area contributed by atoms with E-state index in [2.05, 4.69) is 252 Å². The van der Waals surface area contributed by atoms with Crippen LogP contribution < -0.4 is 42.6 Å². The van der Waals surface area contributed by atoms with Crippen LogP contribution in [0.5, 0.6) is 0 Å². The minimum Gasteiger partial charge on any atom is -0.312 e. The van der Waals surface area contributed by atoms with Gasteiger partial charge in [-0.05, 0) is 103 Å². The molecule has 0 saturated heterocycles. The Morgan fingerprint density at radius 1 is 0.292 bits per heavy atom. The van der Waals surface area contributed by atoms with Gasteiger partial charge in [0.05, 0.1) is 11.1 Å². The molecule has 0 N–H and O–H groups in total. The summed E-state index contributed by atoms with van der Waals surface area (Å²) in [5, 5.41) is 0. The lowest BCUT2D eigenvalue weighted by Crippen LogP contribution is -2.70. The molecule has 0 atom stereocenters. The third-order valence-corrected chi connectivity index (χ3v) is 14.8. The third-order valence-electron chi connectivity index (χ3n) is 14.8. The summed E-state index contributed by atoms with van der Waals surface area (Å²) in [5.74, 6) is 0. The Kier molecular flexibility index (Phi) is 7.82. The van der Waals surface area contributed by atoms with E-state index in [9.17, 15) is 0 Å². The predicted octanol–water partition coefficient (Wildman–Crippen LogP) is 10.6. The highest BCUT2D eigenvalue weighted by atomic mass is 15.2. The molecule has 0 aromatic heterocycles. The molecule has 300 valence electrons. The van der Waals surface area contributed by atoms with E-state index in [1.54, 1.807) is 0 Å². The number of fused-ring (bicyclic) bond motifs is 10. The van der Waals surface area contributed by atoms with Gasteiger partial charge in [-0.25, -0.2) is 0 Å². The van der Waals surface area contributed by atoms with Crippen LogP contribution in [0.4, 0.5) is 34.1 Å². The Labute approximate surface area is 380 Å². The Balaban J connectivity index is 1.16. The van der Waals surface area contributed by atoms with Gasteiger partial charge in [-0.3, -0.25) is 0 Å². The number of hydrogen-bond acceptors (Lipinski definition) is 2. The van der Waals surface area contributed by atoms with Crippen molar-refractivity contribution in [1.82, 2.24) is 0 Å². The van der Waals surface area contributed by atoms with Gasteiger partial charge < -0.3 is 9.80 Å². The summed E-state index contributed by atoms with van der Waals surface area (Å²) in [6.07, 6.45) is 0. The Morgan fingerprint density at radius 3 is 1.38 bits per heavy atom. The van der Waals surface area contributed by atoms with Crippen molar-refractivity contribution < 1.29 is 0 Å². The average Bonchev–Trinajstić information content (AvgIpc) is 3.39. The molecule has 4 aliphatic heterocycles. The number of nitrogens with zero attached hydrogens (tertiary/aromatic N) is 2. The Morgan fingerprint density at radius 2 is 0.754 bits per heavy atom. The van der Waals surface area contributed by atoms with Gasteiger partial charge in [0.1, 0.15) is 0 Å². The number of benzene rings is 10. The van der Waals surface area contributed by atoms with Crippen LogP contribution in [0.15, 0.2) is 243 Å². The molecular weight excluding hydrogens is 782 g/mol. The largest absolute Gasteiger partial charge is 0.312 e. The molecule has 65 heavy (non-hydrogen) atoms. The second kappa shape index (κ2) is 14.0. The van der Waals surface area contributed by atoms with E-state index in [4.69, 9.17) is 0 Å². The fourth-order valence-corrected chi connectivity index (χ4v) is 12.3. The van der Waals surface area contributed by atoms with Crippen LogP contribution in [-0.4, -0.2) is 13.4 Å². The summed E-state index contributed by atoms with van der Waals surface area (Å²) in [6.45, 7) is 0.0451. The van der Waals surface area contributed by atoms with Gasteiger partial charge in [-0.1, -0.05) is 212 Å². The summed E-state index contributed by atoms with van der Waals surface area (Å²) in [7, 11) is 0. The van der Waals surface area contributed by atoms with E-state index in [-0.39, 0.29) is 13.4 Å². The molecule has 0 bridgehead atoms. The van der Waals surface area contributed by atoms with E-state index in [1.165, 1.54) is 106 Å². The van der Waals surface area contributed by atoms with E-state index in [0.717, 1.165) is 5.69 Å². The molecule has 0 unspecified atom stereocenters. The van der Waals surface area contributed by atoms with Crippen molar-refractivity contribution in [3.8, 4) is 22.3 Å². The summed E-state index contributed by atoms with van der Waals surface area (Å²) in [5.41, 5.74) is 24.9. The predicted molar refractivity (Wildman–Crippen MR) is 274 cm³/mol. The number of hydrogen-bond donors (Lipinski definition) is 0. The zero-order valence-electron chi connectivity index (χ0n) is 35.6. The Bertz CT molecular complexity index is 3480. The molecule has 0 radical (unpaired) electrons. The molecule has 14 rings (SSSR count). The quantitative estimate of drug-likeness (QED) is 0.160. The Hall–Kier alpha value is -8.07. The first-order chi connectivity index (χ1) is 32.3. The molecule has 10 aromatic rings. The molecule has 4 aliphatic rings. The maximum atomic E-state index is 2.64. The summed E-state index contributed by atoms with van der Waals surface area (Å²) >= 11 is 0. The van der Waals surface area contributed by atoms with Crippen molar-refractivity contribution in [2.45, 2.75) is 5.41 Å². The number of para-hydroxylation sites is 4. The van der Waals surface area contributed by atoms with Crippen molar-refractivity contribution in [3.05, 3.63) is 265 Å². The SMILES string of the molecule is c1ccc(-c2cccc(-c3ccccc3N3c4ccccc4B4c5ccccc5N5c6ccccc6B6c7ccccc7C(c7ccccc7)(c7ccccc7)c7cc3c4c5c76)c2)cc1. The third kappa shape index (κ3) is 4.97. The van der Waals surface area contributed by atoms with Crippen LogP contribution in [0.2, 0.25) is 0 Å². The normalized spacial score (nSPS) is 14.2. The molecule has 0 saturated carbocycles. The summed E-state index contributed by atoms with van der Waals surface area (Å²) in [4.78, 5) is 5.26. The van der Waals surface area contributed by atoms with Crippen LogP contribution >= 0.6 is 0 Å². The first kappa shape index (κ1) is 36.4. The first-order valence-corrected chi connectivity index (χ1v) is 22.8. The van der Waals surface area contributed by atoms with Crippen molar-refractivity contribution >= 4 is 80.3 Å². The van der Waals surface area contributed by atoms with Crippen LogP contribution in [0.3, 0.4) is 0 Å². The van der Waals surface area contributed by atoms with Gasteiger partial charge in [0.2, 0.25) is 6.71 Å². The second-order valence-electron chi connectivity index (χ2n) is 17.9. The molecule has 2 nitrogen and oxygen atoms in total. The van der Waals surface area contributed by atoms with E-state index in [1.807, 2.05) is 0 Å². The fraction of sp³-hybridized carbons (Fsp3) is 0.0164. The number of anilines is 6. The molecule has 0 fully saturated rings. The van der Waals surface area contributed by atoms with Gasteiger partial charge in [0.15, 0.2) is 0 Å². The molecule has 0 amide bonds. The highest BCUT2D eigenvalue weighted by Crippen LogP contribution is 2.53. The van der Waals surface area contributed by atoms with Crippen LogP contribution in [0.1, 0.15) is 22.3 Å². The van der Waals surface area contributed by atoms with Gasteiger partial charge >= 0.3 is 0 Å². The lowest BCUT2D eigenvalue weighted by Gasteiger charge is -2.53. The maximum absolute atomic E-state index is 2.64. The molecular formula is C61H40B2N2. The van der Waals surface area contributed by atoms with Crippen molar-refractivity contribution in [2.24, 2.45) is 0 Å². The van der Waals surface area contributed by atoms with Gasteiger partial charge in [0, 0.05) is 34.0 Å². The zero-order valence-corrected chi connectivity index (χ0v) is 35.6. The lowest BCUT2D eigenvalue weighted by atomic mass is 9.26. The minimum absolute atomic E-state index is 0.0182. The van der Waals surface area contributed by atoms with Crippen LogP contribution in [0.25, 0.3) is 22.3 Å². The van der Waals surface area contributed by atoms with E-state index >= 15 is 0 Å². The van der Waals surface area contributed by atoms with E-state index in [0.29, 0.717) is 0 Å². The maximum Gasteiger partial charge on any atom is 0.252 e. The van der Waals surface area contributed by atoms with Gasteiger partial charge in [-0.15, -0.1) is 0 Å². The summed E-state index contributed by atoms with van der Waals surface area (Å²) in [6, 6.07) is 91.1. The molecule has 4 heterocycles. The minimum atomic E-state index is -0.632. The molecule has 4 heteroatoms. The van der Waals surface area contributed by atoms with Crippen molar-refractivity contribution in [2.75, 3.05) is 9.80 Å². The smallest absolute Gasteiger partial charge is 0.252 e. The molecule has 0 spiro atoms. The number of rotatable bonds is 5. The monoisotopic (exact) mass is 822 g/mol. The average molecular weight is 823 g/mol. The van der Waals surface area contributed by atoms with Crippen LogP contribution in [0, 0.1) is 0 Å². The van der Waals surface area contributed by atoms with Crippen molar-refractivity contribution in [3.63, 3.8) is 0 Å².